The first-order valence-corrected chi connectivity index (χ1v) is 11.8. The third-order valence-corrected chi connectivity index (χ3v) is 7.94. The van der Waals surface area contributed by atoms with Crippen molar-refractivity contribution in [3.63, 3.8) is 0 Å². The van der Waals surface area contributed by atoms with Gasteiger partial charge in [0.25, 0.3) is 0 Å². The van der Waals surface area contributed by atoms with Gasteiger partial charge in [-0.05, 0) is 41.9 Å². The zero-order valence-corrected chi connectivity index (χ0v) is 19.0. The first-order valence-electron chi connectivity index (χ1n) is 10.5. The van der Waals surface area contributed by atoms with E-state index in [2.05, 4.69) is 112 Å². The van der Waals surface area contributed by atoms with E-state index in [0.29, 0.717) is 12.5 Å². The highest BCUT2D eigenvalue weighted by atomic mass is 31.1. The van der Waals surface area contributed by atoms with Gasteiger partial charge in [-0.15, -0.1) is 0 Å². The predicted molar refractivity (Wildman–Crippen MR) is 131 cm³/mol. The second kappa shape index (κ2) is 9.02. The van der Waals surface area contributed by atoms with Crippen molar-refractivity contribution < 1.29 is 4.74 Å². The predicted octanol–water partition coefficient (Wildman–Crippen LogP) is 4.31. The lowest BCUT2D eigenvalue weighted by molar-refractivity contribution is 0.292. The molecule has 0 unspecified atom stereocenters. The summed E-state index contributed by atoms with van der Waals surface area (Å²) in [6.07, 6.45) is 0. The number of nitrogens with zero attached hydrogens (tertiary/aromatic N) is 2. The molecule has 154 valence electrons. The summed E-state index contributed by atoms with van der Waals surface area (Å²) in [7, 11) is 3.42. The summed E-state index contributed by atoms with van der Waals surface area (Å²) in [6, 6.07) is 28.5. The average molecular weight is 417 g/mol. The Labute approximate surface area is 181 Å². The molecule has 0 amide bonds. The van der Waals surface area contributed by atoms with E-state index in [9.17, 15) is 0 Å². The van der Waals surface area contributed by atoms with Crippen molar-refractivity contribution in [2.75, 3.05) is 25.6 Å². The Morgan fingerprint density at radius 3 is 2.00 bits per heavy atom. The Balaban J connectivity index is 1.90. The van der Waals surface area contributed by atoms with Crippen LogP contribution in [0.25, 0.3) is 0 Å². The van der Waals surface area contributed by atoms with E-state index < -0.39 is 7.92 Å². The molecule has 3 aromatic rings. The molecular weight excluding hydrogens is 387 g/mol. The Kier molecular flexibility index (Phi) is 6.20. The van der Waals surface area contributed by atoms with Gasteiger partial charge < -0.3 is 9.64 Å². The van der Waals surface area contributed by atoms with Crippen LogP contribution in [0.5, 0.6) is 0 Å². The van der Waals surface area contributed by atoms with Crippen molar-refractivity contribution in [1.82, 2.24) is 0 Å². The van der Waals surface area contributed by atoms with E-state index in [1.807, 2.05) is 0 Å². The third-order valence-electron chi connectivity index (χ3n) is 5.44. The largest absolute Gasteiger partial charge is 0.475 e. The Hall–Kier alpha value is -2.64. The van der Waals surface area contributed by atoms with Crippen LogP contribution >= 0.6 is 7.92 Å². The van der Waals surface area contributed by atoms with Crippen LogP contribution in [0.2, 0.25) is 0 Å². The molecule has 0 N–H and O–H groups in total. The molecule has 4 heteroatoms. The molecule has 1 atom stereocenters. The van der Waals surface area contributed by atoms with Gasteiger partial charge in [0.15, 0.2) is 0 Å². The van der Waals surface area contributed by atoms with Crippen molar-refractivity contribution in [1.29, 1.82) is 0 Å². The smallest absolute Gasteiger partial charge is 0.217 e. The SMILES string of the molecule is CC(C)[C@H]1COC(c2cc(N(C)C)ccc2P(c2ccccc2)c2ccccc2)=N1. The normalized spacial score (nSPS) is 15.9. The molecule has 1 aliphatic rings. The highest BCUT2D eigenvalue weighted by Crippen LogP contribution is 2.36. The van der Waals surface area contributed by atoms with Crippen molar-refractivity contribution in [2.45, 2.75) is 19.9 Å². The summed E-state index contributed by atoms with van der Waals surface area (Å²) < 4.78 is 6.15. The lowest BCUT2D eigenvalue weighted by Gasteiger charge is -2.24. The number of aliphatic imine (C=N–C) groups is 1. The Morgan fingerprint density at radius 1 is 0.900 bits per heavy atom. The van der Waals surface area contributed by atoms with Gasteiger partial charge in [0.1, 0.15) is 6.61 Å². The fraction of sp³-hybridized carbons (Fsp3) is 0.269. The molecule has 3 nitrogen and oxygen atoms in total. The molecule has 30 heavy (non-hydrogen) atoms. The molecule has 1 aliphatic heterocycles. The zero-order chi connectivity index (χ0) is 21.1. The van der Waals surface area contributed by atoms with Gasteiger partial charge >= 0.3 is 0 Å². The van der Waals surface area contributed by atoms with Crippen molar-refractivity contribution in [3.8, 4) is 0 Å². The van der Waals surface area contributed by atoms with Gasteiger partial charge in [0.2, 0.25) is 5.90 Å². The average Bonchev–Trinajstić information content (AvgIpc) is 3.26. The monoisotopic (exact) mass is 416 g/mol. The molecule has 0 radical (unpaired) electrons. The minimum Gasteiger partial charge on any atom is -0.475 e. The fourth-order valence-corrected chi connectivity index (χ4v) is 6.05. The van der Waals surface area contributed by atoms with Gasteiger partial charge in [-0.25, -0.2) is 4.99 Å². The molecule has 0 saturated carbocycles. The quantitative estimate of drug-likeness (QED) is 0.560. The van der Waals surface area contributed by atoms with E-state index in [1.165, 1.54) is 15.9 Å². The molecule has 0 aliphatic carbocycles. The number of hydrogen-bond donors (Lipinski definition) is 0. The van der Waals surface area contributed by atoms with Crippen LogP contribution in [0.4, 0.5) is 5.69 Å². The number of anilines is 1. The minimum atomic E-state index is -0.724. The van der Waals surface area contributed by atoms with E-state index in [4.69, 9.17) is 9.73 Å². The Morgan fingerprint density at radius 2 is 1.50 bits per heavy atom. The molecule has 0 saturated heterocycles. The molecule has 0 fully saturated rings. The van der Waals surface area contributed by atoms with Crippen LogP contribution in [0.3, 0.4) is 0 Å². The number of rotatable bonds is 6. The van der Waals surface area contributed by atoms with Crippen molar-refractivity contribution in [2.24, 2.45) is 10.9 Å². The molecule has 3 aromatic carbocycles. The first kappa shape index (κ1) is 20.6. The standard InChI is InChI=1S/C26H29N2OP/c1-19(2)24-18-29-26(27-24)23-17-20(28(3)4)15-16-25(23)30(21-11-7-5-8-12-21)22-13-9-6-10-14-22/h5-17,19,24H,18H2,1-4H3/t24-/m1/s1. The summed E-state index contributed by atoms with van der Waals surface area (Å²) in [5.74, 6) is 1.25. The molecule has 0 spiro atoms. The van der Waals surface area contributed by atoms with Crippen LogP contribution in [0, 0.1) is 5.92 Å². The van der Waals surface area contributed by atoms with Gasteiger partial charge in [0.05, 0.1) is 6.04 Å². The second-order valence-electron chi connectivity index (χ2n) is 8.16. The maximum absolute atomic E-state index is 6.15. The zero-order valence-electron chi connectivity index (χ0n) is 18.1. The molecule has 1 heterocycles. The number of benzene rings is 3. The topological polar surface area (TPSA) is 24.8 Å². The fourth-order valence-electron chi connectivity index (χ4n) is 3.63. The maximum Gasteiger partial charge on any atom is 0.217 e. The first-order chi connectivity index (χ1) is 14.5. The summed E-state index contributed by atoms with van der Waals surface area (Å²) in [4.78, 5) is 7.11. The van der Waals surface area contributed by atoms with E-state index in [-0.39, 0.29) is 6.04 Å². The van der Waals surface area contributed by atoms with Crippen LogP contribution in [0.15, 0.2) is 83.9 Å². The van der Waals surface area contributed by atoms with Crippen molar-refractivity contribution >= 4 is 35.4 Å². The third kappa shape index (κ3) is 4.27. The van der Waals surface area contributed by atoms with E-state index in [1.54, 1.807) is 0 Å². The minimum absolute atomic E-state index is 0.218. The Bertz CT molecular complexity index is 976. The van der Waals surface area contributed by atoms with Gasteiger partial charge in [-0.2, -0.15) is 0 Å². The summed E-state index contributed by atoms with van der Waals surface area (Å²) in [5, 5.41) is 3.95. The molecule has 0 aromatic heterocycles. The second-order valence-corrected chi connectivity index (χ2v) is 10.3. The van der Waals surface area contributed by atoms with Crippen LogP contribution < -0.4 is 20.8 Å². The summed E-state index contributed by atoms with van der Waals surface area (Å²) in [5.41, 5.74) is 2.27. The van der Waals surface area contributed by atoms with E-state index in [0.717, 1.165) is 17.1 Å². The molecule has 0 bridgehead atoms. The lowest BCUT2D eigenvalue weighted by atomic mass is 10.1. The van der Waals surface area contributed by atoms with Crippen LogP contribution in [-0.2, 0) is 4.74 Å². The summed E-state index contributed by atoms with van der Waals surface area (Å²) in [6.45, 7) is 5.07. The van der Waals surface area contributed by atoms with Crippen LogP contribution in [0.1, 0.15) is 19.4 Å². The van der Waals surface area contributed by atoms with Crippen LogP contribution in [-0.4, -0.2) is 32.6 Å². The number of ether oxygens (including phenoxy) is 1. The van der Waals surface area contributed by atoms with E-state index >= 15 is 0 Å². The lowest BCUT2D eigenvalue weighted by Crippen LogP contribution is -2.26. The molecular formula is C26H29N2OP. The highest BCUT2D eigenvalue weighted by molar-refractivity contribution is 7.80. The van der Waals surface area contributed by atoms with Gasteiger partial charge in [-0.3, -0.25) is 0 Å². The van der Waals surface area contributed by atoms with Gasteiger partial charge in [-0.1, -0.05) is 80.6 Å². The van der Waals surface area contributed by atoms with Crippen molar-refractivity contribution in [3.05, 3.63) is 84.4 Å². The highest BCUT2D eigenvalue weighted by Gasteiger charge is 2.28. The van der Waals surface area contributed by atoms with Gasteiger partial charge in [0, 0.05) is 25.3 Å². The number of hydrogen-bond acceptors (Lipinski definition) is 3. The maximum atomic E-state index is 6.15. The summed E-state index contributed by atoms with van der Waals surface area (Å²) >= 11 is 0. The molecule has 4 rings (SSSR count).